The van der Waals surface area contributed by atoms with Gasteiger partial charge in [0.1, 0.15) is 12.2 Å². The van der Waals surface area contributed by atoms with E-state index in [0.29, 0.717) is 19.3 Å². The number of carbonyl (C=O) groups is 1. The van der Waals surface area contributed by atoms with Crippen LogP contribution in [0.15, 0.2) is 24.3 Å². The van der Waals surface area contributed by atoms with Gasteiger partial charge in [-0.25, -0.2) is 0 Å². The van der Waals surface area contributed by atoms with Gasteiger partial charge < -0.3 is 25.7 Å². The van der Waals surface area contributed by atoms with E-state index >= 15 is 0 Å². The summed E-state index contributed by atoms with van der Waals surface area (Å²) in [7, 11) is 0. The zero-order chi connectivity index (χ0) is 32.5. The van der Waals surface area contributed by atoms with Crippen molar-refractivity contribution in [3.05, 3.63) is 24.3 Å². The van der Waals surface area contributed by atoms with Gasteiger partial charge in [0, 0.05) is 0 Å². The summed E-state index contributed by atoms with van der Waals surface area (Å²) in [4.78, 5) is 12.4. The van der Waals surface area contributed by atoms with E-state index in [4.69, 9.17) is 0 Å². The Bertz CT molecular complexity index is 668. The molecule has 5 N–H and O–H groups in total. The number of hydrogen-bond donors (Lipinski definition) is 5. The van der Waals surface area contributed by atoms with Crippen molar-refractivity contribution in [2.24, 2.45) is 0 Å². The normalized spacial score (nSPS) is 14.8. The summed E-state index contributed by atoms with van der Waals surface area (Å²) in [5, 5.41) is 43.3. The molecule has 0 heterocycles. The van der Waals surface area contributed by atoms with E-state index in [1.54, 1.807) is 0 Å². The predicted octanol–water partition coefficient (Wildman–Crippen LogP) is 8.84. The number of allylic oxidation sites excluding steroid dienone is 4. The molecule has 6 heteroatoms. The smallest absolute Gasteiger partial charge is 0.249 e. The monoisotopic (exact) mass is 624 g/mol. The van der Waals surface area contributed by atoms with Crippen LogP contribution in [-0.2, 0) is 4.79 Å². The Hall–Kier alpha value is -1.21. The molecule has 260 valence electrons. The molecule has 0 saturated heterocycles. The minimum Gasteiger partial charge on any atom is -0.394 e. The average molecular weight is 624 g/mol. The Balaban J connectivity index is 3.87. The lowest BCUT2D eigenvalue weighted by molar-refractivity contribution is -0.132. The van der Waals surface area contributed by atoms with Crippen molar-refractivity contribution in [2.75, 3.05) is 6.61 Å². The second-order valence-electron chi connectivity index (χ2n) is 12.9. The Morgan fingerprint density at radius 2 is 0.955 bits per heavy atom. The molecule has 0 aliphatic carbocycles. The number of rotatable bonds is 33. The first-order valence-corrected chi connectivity index (χ1v) is 18.7. The third-order valence-electron chi connectivity index (χ3n) is 8.64. The third-order valence-corrected chi connectivity index (χ3v) is 8.64. The van der Waals surface area contributed by atoms with Gasteiger partial charge in [-0.2, -0.15) is 0 Å². The second-order valence-corrected chi connectivity index (χ2v) is 12.9. The van der Waals surface area contributed by atoms with Crippen molar-refractivity contribution < 1.29 is 25.2 Å². The number of aliphatic hydroxyl groups is 4. The first kappa shape index (κ1) is 42.8. The van der Waals surface area contributed by atoms with Gasteiger partial charge in [0.15, 0.2) is 0 Å². The van der Waals surface area contributed by atoms with Crippen LogP contribution in [0.2, 0.25) is 0 Å². The van der Waals surface area contributed by atoms with Crippen LogP contribution in [-0.4, -0.2) is 57.3 Å². The predicted molar refractivity (Wildman–Crippen MR) is 187 cm³/mol. The maximum atomic E-state index is 12.4. The molecule has 6 nitrogen and oxygen atoms in total. The molecule has 0 radical (unpaired) electrons. The molecule has 0 aromatic heterocycles. The van der Waals surface area contributed by atoms with Crippen molar-refractivity contribution in [1.29, 1.82) is 0 Å². The fourth-order valence-corrected chi connectivity index (χ4v) is 5.59. The van der Waals surface area contributed by atoms with E-state index in [9.17, 15) is 25.2 Å². The highest BCUT2D eigenvalue weighted by Crippen LogP contribution is 2.14. The molecule has 4 atom stereocenters. The van der Waals surface area contributed by atoms with Crippen LogP contribution >= 0.6 is 0 Å². The van der Waals surface area contributed by atoms with Gasteiger partial charge in [0.2, 0.25) is 5.91 Å². The Labute approximate surface area is 272 Å². The zero-order valence-electron chi connectivity index (χ0n) is 28.9. The van der Waals surface area contributed by atoms with Crippen LogP contribution < -0.4 is 5.32 Å². The van der Waals surface area contributed by atoms with E-state index in [1.807, 2.05) is 0 Å². The second kappa shape index (κ2) is 33.2. The van der Waals surface area contributed by atoms with Crippen LogP contribution in [0.1, 0.15) is 181 Å². The fraction of sp³-hybridized carbons (Fsp3) is 0.868. The standard InChI is InChI=1S/C38H73NO5/c1-3-5-7-9-11-13-15-16-17-18-19-20-21-22-24-25-27-29-31-35(41)37(43)34(33-40)39-38(44)36(42)32-30-28-26-23-14-12-10-8-6-4-2/h19-20,24-25,34-37,40-43H,3-18,21-23,26-33H2,1-2H3,(H,39,44)/b20-19+,25-24+. The van der Waals surface area contributed by atoms with Crippen LogP contribution in [0.25, 0.3) is 0 Å². The van der Waals surface area contributed by atoms with Crippen LogP contribution in [0.5, 0.6) is 0 Å². The number of carbonyl (C=O) groups excluding carboxylic acids is 1. The first-order chi connectivity index (χ1) is 21.5. The number of amides is 1. The highest BCUT2D eigenvalue weighted by atomic mass is 16.3. The van der Waals surface area contributed by atoms with Gasteiger partial charge in [-0.15, -0.1) is 0 Å². The van der Waals surface area contributed by atoms with Crippen molar-refractivity contribution in [1.82, 2.24) is 5.32 Å². The maximum Gasteiger partial charge on any atom is 0.249 e. The molecule has 1 amide bonds. The molecule has 0 fully saturated rings. The molecule has 44 heavy (non-hydrogen) atoms. The summed E-state index contributed by atoms with van der Waals surface area (Å²) in [5.74, 6) is -0.601. The van der Waals surface area contributed by atoms with E-state index in [2.05, 4.69) is 43.5 Å². The highest BCUT2D eigenvalue weighted by Gasteiger charge is 2.28. The maximum absolute atomic E-state index is 12.4. The van der Waals surface area contributed by atoms with Gasteiger partial charge in [0.25, 0.3) is 0 Å². The number of hydrogen-bond acceptors (Lipinski definition) is 5. The van der Waals surface area contributed by atoms with Gasteiger partial charge in [0.05, 0.1) is 18.8 Å². The fourth-order valence-electron chi connectivity index (χ4n) is 5.59. The minimum absolute atomic E-state index is 0.362. The molecule has 0 aliphatic rings. The summed E-state index contributed by atoms with van der Waals surface area (Å²) in [5.41, 5.74) is 0. The Morgan fingerprint density at radius 1 is 0.545 bits per heavy atom. The molecule has 0 aromatic rings. The summed E-state index contributed by atoms with van der Waals surface area (Å²) in [6.45, 7) is 3.99. The van der Waals surface area contributed by atoms with Gasteiger partial charge in [-0.3, -0.25) is 4.79 Å². The summed E-state index contributed by atoms with van der Waals surface area (Å²) in [6, 6.07) is -1.00. The van der Waals surface area contributed by atoms with Crippen molar-refractivity contribution >= 4 is 5.91 Å². The van der Waals surface area contributed by atoms with Gasteiger partial charge in [-0.1, -0.05) is 154 Å². The molecule has 0 bridgehead atoms. The molecule has 0 rings (SSSR count). The van der Waals surface area contributed by atoms with Crippen molar-refractivity contribution in [2.45, 2.75) is 205 Å². The van der Waals surface area contributed by atoms with Gasteiger partial charge >= 0.3 is 0 Å². The molecule has 0 spiro atoms. The topological polar surface area (TPSA) is 110 Å². The average Bonchev–Trinajstić information content (AvgIpc) is 3.03. The van der Waals surface area contributed by atoms with Crippen LogP contribution in [0, 0.1) is 0 Å². The SMILES string of the molecule is CCCCCCCCCCC/C=C/CC/C=C/CCCC(O)C(O)C(CO)NC(=O)C(O)CCCCCCCCCCCC. The van der Waals surface area contributed by atoms with Gasteiger partial charge in [-0.05, 0) is 51.4 Å². The Morgan fingerprint density at radius 3 is 1.43 bits per heavy atom. The third kappa shape index (κ3) is 27.1. The first-order valence-electron chi connectivity index (χ1n) is 18.7. The zero-order valence-corrected chi connectivity index (χ0v) is 28.9. The van der Waals surface area contributed by atoms with E-state index in [1.165, 1.54) is 109 Å². The quantitative estimate of drug-likeness (QED) is 0.0371. The van der Waals surface area contributed by atoms with E-state index in [0.717, 1.165) is 38.5 Å². The van der Waals surface area contributed by atoms with E-state index < -0.39 is 36.9 Å². The number of unbranched alkanes of at least 4 members (excludes halogenated alkanes) is 20. The Kier molecular flexibility index (Phi) is 32.2. The molecule has 0 aromatic carbocycles. The largest absolute Gasteiger partial charge is 0.394 e. The molecular weight excluding hydrogens is 550 g/mol. The molecule has 0 aliphatic heterocycles. The lowest BCUT2D eigenvalue weighted by Gasteiger charge is -2.27. The molecule has 0 saturated carbocycles. The van der Waals surface area contributed by atoms with Crippen LogP contribution in [0.4, 0.5) is 0 Å². The molecular formula is C38H73NO5. The number of nitrogens with one attached hydrogen (secondary N) is 1. The van der Waals surface area contributed by atoms with Crippen molar-refractivity contribution in [3.8, 4) is 0 Å². The summed E-state index contributed by atoms with van der Waals surface area (Å²) < 4.78 is 0. The lowest BCUT2D eigenvalue weighted by Crippen LogP contribution is -2.53. The summed E-state index contributed by atoms with van der Waals surface area (Å²) >= 11 is 0. The van der Waals surface area contributed by atoms with E-state index in [-0.39, 0.29) is 0 Å². The lowest BCUT2D eigenvalue weighted by atomic mass is 10.00. The number of aliphatic hydroxyl groups excluding tert-OH is 4. The highest BCUT2D eigenvalue weighted by molar-refractivity contribution is 5.80. The molecule has 4 unspecified atom stereocenters. The van der Waals surface area contributed by atoms with Crippen LogP contribution in [0.3, 0.4) is 0 Å². The summed E-state index contributed by atoms with van der Waals surface area (Å²) in [6.07, 6.45) is 34.9. The minimum atomic E-state index is -1.28. The van der Waals surface area contributed by atoms with Crippen molar-refractivity contribution in [3.63, 3.8) is 0 Å².